The van der Waals surface area contributed by atoms with E-state index in [1.807, 2.05) is 12.1 Å². The molecule has 1 N–H and O–H groups in total. The lowest BCUT2D eigenvalue weighted by atomic mass is 10.3. The van der Waals surface area contributed by atoms with Crippen LogP contribution in [0, 0.1) is 0 Å². The lowest BCUT2D eigenvalue weighted by Crippen LogP contribution is -1.98. The van der Waals surface area contributed by atoms with Crippen molar-refractivity contribution in [1.82, 2.24) is 19.6 Å². The standard InChI is InChI=1S/C11H8N4O/c16-9-3-6-15-10(7-9)13-11(14-15)8-1-4-12-5-2-8/h1-7H,(H,13,14). The zero-order valence-electron chi connectivity index (χ0n) is 8.29. The Kier molecular flexibility index (Phi) is 1.83. The number of nitrogens with zero attached hydrogens (tertiary/aromatic N) is 3. The minimum absolute atomic E-state index is 0.0484. The summed E-state index contributed by atoms with van der Waals surface area (Å²) in [5, 5.41) is 3.08. The van der Waals surface area contributed by atoms with E-state index in [1.54, 1.807) is 23.1 Å². The molecule has 3 aromatic heterocycles. The summed E-state index contributed by atoms with van der Waals surface area (Å²) in [7, 11) is 0. The normalized spacial score (nSPS) is 10.8. The molecule has 0 aliphatic heterocycles. The van der Waals surface area contributed by atoms with Gasteiger partial charge in [0.25, 0.3) is 0 Å². The molecule has 0 unspecified atom stereocenters. The van der Waals surface area contributed by atoms with Crippen LogP contribution in [-0.4, -0.2) is 19.6 Å². The molecule has 3 aromatic rings. The molecule has 16 heavy (non-hydrogen) atoms. The fourth-order valence-electron chi connectivity index (χ4n) is 1.54. The molecular weight excluding hydrogens is 204 g/mol. The molecule has 3 rings (SSSR count). The first-order valence-corrected chi connectivity index (χ1v) is 4.82. The molecule has 0 saturated carbocycles. The summed E-state index contributed by atoms with van der Waals surface area (Å²) in [6.07, 6.45) is 5.06. The monoisotopic (exact) mass is 212 g/mol. The Balaban J connectivity index is 2.23. The van der Waals surface area contributed by atoms with Gasteiger partial charge >= 0.3 is 0 Å². The highest BCUT2D eigenvalue weighted by Crippen LogP contribution is 2.13. The van der Waals surface area contributed by atoms with E-state index in [2.05, 4.69) is 15.1 Å². The van der Waals surface area contributed by atoms with Crippen LogP contribution in [0.1, 0.15) is 0 Å². The minimum atomic E-state index is -0.0484. The summed E-state index contributed by atoms with van der Waals surface area (Å²) in [5.74, 6) is 0.716. The summed E-state index contributed by atoms with van der Waals surface area (Å²) in [4.78, 5) is 19.4. The van der Waals surface area contributed by atoms with Gasteiger partial charge < -0.3 is 0 Å². The molecule has 0 fully saturated rings. The number of nitrogens with one attached hydrogen (secondary N) is 1. The van der Waals surface area contributed by atoms with Gasteiger partial charge in [0.15, 0.2) is 16.9 Å². The van der Waals surface area contributed by atoms with Crippen molar-refractivity contribution in [1.29, 1.82) is 0 Å². The Morgan fingerprint density at radius 3 is 2.81 bits per heavy atom. The Bertz CT molecular complexity index is 684. The van der Waals surface area contributed by atoms with Crippen LogP contribution in [0.2, 0.25) is 0 Å². The predicted molar refractivity (Wildman–Crippen MR) is 59.0 cm³/mol. The number of rotatable bonds is 1. The van der Waals surface area contributed by atoms with Crippen molar-refractivity contribution in [3.63, 3.8) is 0 Å². The van der Waals surface area contributed by atoms with Crippen molar-refractivity contribution in [3.05, 3.63) is 53.1 Å². The fourth-order valence-corrected chi connectivity index (χ4v) is 1.54. The van der Waals surface area contributed by atoms with E-state index < -0.39 is 0 Å². The molecule has 3 heterocycles. The first kappa shape index (κ1) is 8.84. The van der Waals surface area contributed by atoms with E-state index in [-0.39, 0.29) is 5.43 Å². The highest BCUT2D eigenvalue weighted by molar-refractivity contribution is 5.56. The zero-order chi connectivity index (χ0) is 11.0. The molecule has 0 spiro atoms. The average Bonchev–Trinajstić information content (AvgIpc) is 2.73. The quantitative estimate of drug-likeness (QED) is 0.656. The average molecular weight is 212 g/mol. The molecule has 78 valence electrons. The molecule has 0 aliphatic rings. The summed E-state index contributed by atoms with van der Waals surface area (Å²) in [6.45, 7) is 0. The maximum atomic E-state index is 11.2. The van der Waals surface area contributed by atoms with Gasteiger partial charge in [-0.25, -0.2) is 9.50 Å². The first-order chi connectivity index (χ1) is 7.83. The third kappa shape index (κ3) is 1.38. The molecule has 0 atom stereocenters. The van der Waals surface area contributed by atoms with Crippen LogP contribution in [0.25, 0.3) is 17.0 Å². The Morgan fingerprint density at radius 2 is 2.00 bits per heavy atom. The third-order valence-corrected chi connectivity index (χ3v) is 2.31. The third-order valence-electron chi connectivity index (χ3n) is 2.31. The molecular formula is C11H8N4O. The number of hydrogen-bond donors (Lipinski definition) is 1. The topological polar surface area (TPSA) is 63.0 Å². The molecule has 0 aliphatic carbocycles. The Morgan fingerprint density at radius 1 is 1.19 bits per heavy atom. The van der Waals surface area contributed by atoms with E-state index >= 15 is 0 Å². The SMILES string of the molecule is O=c1ccn2[nH]c(-c3ccncc3)nc2c1. The highest BCUT2D eigenvalue weighted by Gasteiger charge is 2.03. The zero-order valence-corrected chi connectivity index (χ0v) is 8.29. The minimum Gasteiger partial charge on any atom is -0.290 e. The van der Waals surface area contributed by atoms with Gasteiger partial charge in [-0.3, -0.25) is 14.9 Å². The van der Waals surface area contributed by atoms with Crippen molar-refractivity contribution in [2.45, 2.75) is 0 Å². The molecule has 0 amide bonds. The van der Waals surface area contributed by atoms with E-state index in [4.69, 9.17) is 0 Å². The Labute approximate surface area is 90.4 Å². The van der Waals surface area contributed by atoms with Crippen LogP contribution < -0.4 is 5.43 Å². The van der Waals surface area contributed by atoms with E-state index in [0.29, 0.717) is 11.5 Å². The van der Waals surface area contributed by atoms with Crippen LogP contribution in [0.4, 0.5) is 0 Å². The molecule has 5 heteroatoms. The van der Waals surface area contributed by atoms with Crippen LogP contribution in [0.15, 0.2) is 47.7 Å². The number of H-pyrrole nitrogens is 1. The van der Waals surface area contributed by atoms with Crippen LogP contribution in [0.3, 0.4) is 0 Å². The second-order valence-electron chi connectivity index (χ2n) is 3.40. The predicted octanol–water partition coefficient (Wildman–Crippen LogP) is 1.08. The number of aromatic amines is 1. The van der Waals surface area contributed by atoms with Gasteiger partial charge in [-0.2, -0.15) is 0 Å². The molecule has 0 saturated heterocycles. The van der Waals surface area contributed by atoms with Gasteiger partial charge in [0, 0.05) is 36.3 Å². The van der Waals surface area contributed by atoms with E-state index in [9.17, 15) is 4.79 Å². The van der Waals surface area contributed by atoms with Crippen molar-refractivity contribution >= 4 is 5.65 Å². The smallest absolute Gasteiger partial charge is 0.183 e. The summed E-state index contributed by atoms with van der Waals surface area (Å²) < 4.78 is 1.71. The van der Waals surface area contributed by atoms with Gasteiger partial charge in [0.05, 0.1) is 0 Å². The lowest BCUT2D eigenvalue weighted by molar-refractivity contribution is 0.962. The number of fused-ring (bicyclic) bond motifs is 1. The van der Waals surface area contributed by atoms with Gasteiger partial charge in [-0.15, -0.1) is 0 Å². The van der Waals surface area contributed by atoms with Crippen molar-refractivity contribution < 1.29 is 0 Å². The van der Waals surface area contributed by atoms with Crippen molar-refractivity contribution in [2.24, 2.45) is 0 Å². The van der Waals surface area contributed by atoms with Crippen LogP contribution in [0.5, 0.6) is 0 Å². The van der Waals surface area contributed by atoms with Gasteiger partial charge in [0.1, 0.15) is 0 Å². The van der Waals surface area contributed by atoms with E-state index in [0.717, 1.165) is 5.56 Å². The number of pyridine rings is 2. The molecule has 5 nitrogen and oxygen atoms in total. The second-order valence-corrected chi connectivity index (χ2v) is 3.40. The molecule has 0 bridgehead atoms. The first-order valence-electron chi connectivity index (χ1n) is 4.82. The highest BCUT2D eigenvalue weighted by atomic mass is 16.1. The number of aromatic nitrogens is 4. The molecule has 0 radical (unpaired) electrons. The van der Waals surface area contributed by atoms with Crippen molar-refractivity contribution in [2.75, 3.05) is 0 Å². The van der Waals surface area contributed by atoms with Gasteiger partial charge in [-0.05, 0) is 12.1 Å². The molecule has 0 aromatic carbocycles. The van der Waals surface area contributed by atoms with E-state index in [1.165, 1.54) is 12.1 Å². The van der Waals surface area contributed by atoms with Crippen molar-refractivity contribution in [3.8, 4) is 11.4 Å². The van der Waals surface area contributed by atoms with Gasteiger partial charge in [0.2, 0.25) is 0 Å². The maximum Gasteiger partial charge on any atom is 0.183 e. The second kappa shape index (κ2) is 3.30. The van der Waals surface area contributed by atoms with Gasteiger partial charge in [-0.1, -0.05) is 0 Å². The Hall–Kier alpha value is -2.43. The fraction of sp³-hybridized carbons (Fsp3) is 0. The summed E-state index contributed by atoms with van der Waals surface area (Å²) in [6, 6.07) is 6.69. The summed E-state index contributed by atoms with van der Waals surface area (Å²) >= 11 is 0. The maximum absolute atomic E-state index is 11.2. The lowest BCUT2D eigenvalue weighted by Gasteiger charge is -1.92. The number of hydrogen-bond acceptors (Lipinski definition) is 3. The summed E-state index contributed by atoms with van der Waals surface area (Å²) in [5.41, 5.74) is 1.50. The van der Waals surface area contributed by atoms with Crippen LogP contribution >= 0.6 is 0 Å². The largest absolute Gasteiger partial charge is 0.290 e. The van der Waals surface area contributed by atoms with Crippen LogP contribution in [-0.2, 0) is 0 Å².